The van der Waals surface area contributed by atoms with E-state index in [2.05, 4.69) is 15.1 Å². The smallest absolute Gasteiger partial charge is 0.264 e. The molecule has 122 valence electrons. The Hall–Kier alpha value is -2.74. The van der Waals surface area contributed by atoms with Crippen molar-refractivity contribution in [1.29, 1.82) is 0 Å². The Bertz CT molecular complexity index is 1060. The van der Waals surface area contributed by atoms with E-state index in [1.54, 1.807) is 22.2 Å². The molecule has 0 aliphatic heterocycles. The zero-order chi connectivity index (χ0) is 16.7. The molecular formula is C16H15N5O2S. The topological polar surface area (TPSA) is 78.7 Å². The molecule has 7 nitrogen and oxygen atoms in total. The van der Waals surface area contributed by atoms with Gasteiger partial charge in [-0.2, -0.15) is 5.10 Å². The van der Waals surface area contributed by atoms with Crippen LogP contribution in [0.25, 0.3) is 21.8 Å². The van der Waals surface area contributed by atoms with Crippen LogP contribution in [0.1, 0.15) is 18.4 Å². The lowest BCUT2D eigenvalue weighted by Crippen LogP contribution is -2.21. The molecule has 0 N–H and O–H groups in total. The van der Waals surface area contributed by atoms with E-state index in [4.69, 9.17) is 4.42 Å². The molecule has 0 unspecified atom stereocenters. The minimum absolute atomic E-state index is 0.125. The van der Waals surface area contributed by atoms with Gasteiger partial charge in [-0.05, 0) is 25.3 Å². The number of nitrogens with zero attached hydrogens (tertiary/aromatic N) is 5. The second-order valence-electron chi connectivity index (χ2n) is 5.37. The van der Waals surface area contributed by atoms with Crippen LogP contribution in [0.3, 0.4) is 0 Å². The van der Waals surface area contributed by atoms with Gasteiger partial charge in [-0.25, -0.2) is 14.6 Å². The number of oxazole rings is 1. The van der Waals surface area contributed by atoms with E-state index in [1.165, 1.54) is 10.9 Å². The van der Waals surface area contributed by atoms with Crippen molar-refractivity contribution in [2.45, 2.75) is 26.9 Å². The molecule has 0 aromatic carbocycles. The van der Waals surface area contributed by atoms with Gasteiger partial charge in [-0.3, -0.25) is 9.36 Å². The molecular weight excluding hydrogens is 326 g/mol. The Morgan fingerprint density at radius 1 is 1.38 bits per heavy atom. The molecule has 8 heteroatoms. The molecule has 0 bridgehead atoms. The van der Waals surface area contributed by atoms with Crippen LogP contribution in [0.2, 0.25) is 0 Å². The highest BCUT2D eigenvalue weighted by molar-refractivity contribution is 7.13. The van der Waals surface area contributed by atoms with Crippen molar-refractivity contribution >= 4 is 22.4 Å². The monoisotopic (exact) mass is 341 g/mol. The minimum Gasteiger partial charge on any atom is -0.440 e. The molecule has 0 radical (unpaired) electrons. The summed E-state index contributed by atoms with van der Waals surface area (Å²) in [5, 5.41) is 6.67. The van der Waals surface area contributed by atoms with Crippen molar-refractivity contribution < 1.29 is 4.42 Å². The van der Waals surface area contributed by atoms with E-state index < -0.39 is 0 Å². The van der Waals surface area contributed by atoms with E-state index >= 15 is 0 Å². The summed E-state index contributed by atoms with van der Waals surface area (Å²) in [4.78, 5) is 22.5. The second kappa shape index (κ2) is 5.72. The first-order chi connectivity index (χ1) is 11.7. The van der Waals surface area contributed by atoms with Gasteiger partial charge < -0.3 is 4.42 Å². The SMILES string of the molecule is CCn1ncc2c(=O)n(Cc3nc(-c4cccs4)oc3C)cnc21. The van der Waals surface area contributed by atoms with Crippen LogP contribution in [0.4, 0.5) is 0 Å². The number of hydrogen-bond donors (Lipinski definition) is 0. The van der Waals surface area contributed by atoms with Gasteiger partial charge in [0.25, 0.3) is 5.56 Å². The quantitative estimate of drug-likeness (QED) is 0.570. The molecule has 4 rings (SSSR count). The first-order valence-electron chi connectivity index (χ1n) is 7.58. The van der Waals surface area contributed by atoms with E-state index in [0.717, 1.165) is 10.6 Å². The van der Waals surface area contributed by atoms with Crippen molar-refractivity contribution in [3.05, 3.63) is 51.8 Å². The third-order valence-electron chi connectivity index (χ3n) is 3.87. The van der Waals surface area contributed by atoms with Crippen molar-refractivity contribution in [3.8, 4) is 10.8 Å². The van der Waals surface area contributed by atoms with Crippen LogP contribution in [-0.2, 0) is 13.1 Å². The molecule has 0 saturated carbocycles. The maximum atomic E-state index is 12.6. The summed E-state index contributed by atoms with van der Waals surface area (Å²) in [5.41, 5.74) is 1.21. The molecule has 0 atom stereocenters. The maximum absolute atomic E-state index is 12.6. The lowest BCUT2D eigenvalue weighted by Gasteiger charge is -2.03. The Labute approximate surface area is 141 Å². The van der Waals surface area contributed by atoms with Crippen molar-refractivity contribution in [1.82, 2.24) is 24.3 Å². The van der Waals surface area contributed by atoms with Crippen LogP contribution in [0.5, 0.6) is 0 Å². The van der Waals surface area contributed by atoms with Gasteiger partial charge in [0.05, 0.1) is 17.6 Å². The lowest BCUT2D eigenvalue weighted by molar-refractivity contribution is 0.538. The summed E-state index contributed by atoms with van der Waals surface area (Å²) < 4.78 is 8.97. The van der Waals surface area contributed by atoms with Crippen LogP contribution >= 0.6 is 11.3 Å². The normalized spacial score (nSPS) is 11.4. The molecule has 0 saturated heterocycles. The fourth-order valence-electron chi connectivity index (χ4n) is 2.58. The van der Waals surface area contributed by atoms with Gasteiger partial charge in [0.1, 0.15) is 23.2 Å². The molecule has 24 heavy (non-hydrogen) atoms. The van der Waals surface area contributed by atoms with E-state index in [-0.39, 0.29) is 5.56 Å². The molecule has 4 aromatic rings. The number of fused-ring (bicyclic) bond motifs is 1. The van der Waals surface area contributed by atoms with E-state index in [1.807, 2.05) is 31.4 Å². The molecule has 0 fully saturated rings. The van der Waals surface area contributed by atoms with Crippen LogP contribution in [0.15, 0.2) is 39.2 Å². The third-order valence-corrected chi connectivity index (χ3v) is 4.72. The number of aryl methyl sites for hydroxylation is 2. The van der Waals surface area contributed by atoms with Crippen LogP contribution in [0, 0.1) is 6.92 Å². The Kier molecular flexibility index (Phi) is 3.53. The molecule has 0 spiro atoms. The zero-order valence-electron chi connectivity index (χ0n) is 13.3. The second-order valence-corrected chi connectivity index (χ2v) is 6.32. The molecule has 0 aliphatic rings. The Morgan fingerprint density at radius 2 is 2.25 bits per heavy atom. The van der Waals surface area contributed by atoms with Gasteiger partial charge in [-0.15, -0.1) is 11.3 Å². The largest absolute Gasteiger partial charge is 0.440 e. The van der Waals surface area contributed by atoms with Crippen molar-refractivity contribution in [2.24, 2.45) is 0 Å². The van der Waals surface area contributed by atoms with E-state index in [0.29, 0.717) is 35.8 Å². The standard InChI is InChI=1S/C16H15N5O2S/c1-3-21-14-11(7-18-21)16(22)20(9-17-14)8-12-10(2)23-15(19-12)13-5-4-6-24-13/h4-7,9H,3,8H2,1-2H3. The van der Waals surface area contributed by atoms with Gasteiger partial charge >= 0.3 is 0 Å². The molecule has 4 aromatic heterocycles. The lowest BCUT2D eigenvalue weighted by atomic mass is 10.3. The summed E-state index contributed by atoms with van der Waals surface area (Å²) in [6.45, 7) is 4.81. The number of rotatable bonds is 4. The van der Waals surface area contributed by atoms with Gasteiger partial charge in [0.15, 0.2) is 5.65 Å². The highest BCUT2D eigenvalue weighted by Crippen LogP contribution is 2.26. The first kappa shape index (κ1) is 14.8. The first-order valence-corrected chi connectivity index (χ1v) is 8.46. The average molecular weight is 341 g/mol. The number of thiophene rings is 1. The predicted octanol–water partition coefficient (Wildman–Crippen LogP) is 2.69. The van der Waals surface area contributed by atoms with Gasteiger partial charge in [0.2, 0.25) is 5.89 Å². The van der Waals surface area contributed by atoms with Crippen molar-refractivity contribution in [2.75, 3.05) is 0 Å². The maximum Gasteiger partial charge on any atom is 0.264 e. The summed E-state index contributed by atoms with van der Waals surface area (Å²) in [6.07, 6.45) is 3.11. The fourth-order valence-corrected chi connectivity index (χ4v) is 3.23. The number of aromatic nitrogens is 5. The highest BCUT2D eigenvalue weighted by Gasteiger charge is 2.15. The fraction of sp³-hybridized carbons (Fsp3) is 0.250. The summed E-state index contributed by atoms with van der Waals surface area (Å²) >= 11 is 1.57. The molecule has 4 heterocycles. The number of hydrogen-bond acceptors (Lipinski definition) is 6. The molecule has 0 amide bonds. The van der Waals surface area contributed by atoms with Crippen LogP contribution < -0.4 is 5.56 Å². The van der Waals surface area contributed by atoms with Crippen LogP contribution in [-0.4, -0.2) is 24.3 Å². The Morgan fingerprint density at radius 3 is 3.00 bits per heavy atom. The third kappa shape index (κ3) is 2.35. The average Bonchev–Trinajstić information content (AvgIpc) is 3.30. The molecule has 0 aliphatic carbocycles. The summed E-state index contributed by atoms with van der Waals surface area (Å²) in [5.74, 6) is 1.29. The van der Waals surface area contributed by atoms with Gasteiger partial charge in [0, 0.05) is 6.54 Å². The highest BCUT2D eigenvalue weighted by atomic mass is 32.1. The zero-order valence-corrected chi connectivity index (χ0v) is 14.1. The predicted molar refractivity (Wildman–Crippen MR) is 91.1 cm³/mol. The van der Waals surface area contributed by atoms with Crippen molar-refractivity contribution in [3.63, 3.8) is 0 Å². The summed E-state index contributed by atoms with van der Waals surface area (Å²) in [6, 6.07) is 3.91. The Balaban J connectivity index is 1.72. The van der Waals surface area contributed by atoms with Gasteiger partial charge in [-0.1, -0.05) is 6.07 Å². The van der Waals surface area contributed by atoms with E-state index in [9.17, 15) is 4.79 Å². The summed E-state index contributed by atoms with van der Waals surface area (Å²) in [7, 11) is 0. The minimum atomic E-state index is -0.125.